The second kappa shape index (κ2) is 8.33. The minimum atomic E-state index is -5.29. The number of rotatable bonds is 5. The molecule has 0 unspecified atom stereocenters. The second-order valence-electron chi connectivity index (χ2n) is 6.02. The van der Waals surface area contributed by atoms with Gasteiger partial charge in [0.05, 0.1) is 24.7 Å². The quantitative estimate of drug-likeness (QED) is 0.294. The van der Waals surface area contributed by atoms with Gasteiger partial charge in [-0.1, -0.05) is 0 Å². The Kier molecular flexibility index (Phi) is 5.94. The summed E-state index contributed by atoms with van der Waals surface area (Å²) in [6.45, 7) is 0. The van der Waals surface area contributed by atoms with Crippen LogP contribution in [-0.4, -0.2) is 31.3 Å². The number of carbonyl (C=O) groups is 1. The molecular weight excluding hydrogens is 465 g/mol. The third-order valence-electron chi connectivity index (χ3n) is 4.00. The van der Waals surface area contributed by atoms with Gasteiger partial charge in [-0.3, -0.25) is 4.72 Å². The van der Waals surface area contributed by atoms with Crippen molar-refractivity contribution in [1.82, 2.24) is 9.78 Å². The van der Waals surface area contributed by atoms with Crippen molar-refractivity contribution < 1.29 is 39.9 Å². The molecule has 0 saturated heterocycles. The van der Waals surface area contributed by atoms with Gasteiger partial charge in [0.15, 0.2) is 28.2 Å². The first-order valence-electron chi connectivity index (χ1n) is 8.31. The van der Waals surface area contributed by atoms with E-state index in [4.69, 9.17) is 10.5 Å². The van der Waals surface area contributed by atoms with E-state index in [1.54, 1.807) is 4.72 Å². The SMILES string of the molecule is COc1ccc(NS(=O)(=O)c2c(F)c(F)c(F)c(F)c2F)cc1NC(=O)n1nccc1N. The summed E-state index contributed by atoms with van der Waals surface area (Å²) >= 11 is 0. The molecule has 0 bridgehead atoms. The lowest BCUT2D eigenvalue weighted by molar-refractivity contribution is 0.251. The third-order valence-corrected chi connectivity index (χ3v) is 5.40. The Hall–Kier alpha value is -3.88. The maximum absolute atomic E-state index is 13.9. The average Bonchev–Trinajstić information content (AvgIpc) is 3.16. The summed E-state index contributed by atoms with van der Waals surface area (Å²) in [5.74, 6) is -12.4. The number of aromatic nitrogens is 2. The second-order valence-corrected chi connectivity index (χ2v) is 7.64. The predicted octanol–water partition coefficient (Wildman–Crippen LogP) is 3.05. The minimum absolute atomic E-state index is 0.0235. The number of benzene rings is 2. The van der Waals surface area contributed by atoms with E-state index in [9.17, 15) is 35.2 Å². The maximum atomic E-state index is 13.9. The highest BCUT2D eigenvalue weighted by Gasteiger charge is 2.33. The molecule has 170 valence electrons. The van der Waals surface area contributed by atoms with E-state index in [0.717, 1.165) is 16.8 Å². The van der Waals surface area contributed by atoms with Crippen molar-refractivity contribution >= 4 is 33.2 Å². The molecule has 0 aliphatic heterocycles. The highest BCUT2D eigenvalue weighted by molar-refractivity contribution is 7.92. The molecule has 0 aliphatic carbocycles. The van der Waals surface area contributed by atoms with Gasteiger partial charge in [0.2, 0.25) is 5.82 Å². The summed E-state index contributed by atoms with van der Waals surface area (Å²) in [6, 6.07) is 3.65. The van der Waals surface area contributed by atoms with Crippen LogP contribution in [0.1, 0.15) is 0 Å². The molecule has 32 heavy (non-hydrogen) atoms. The van der Waals surface area contributed by atoms with Crippen LogP contribution in [0.4, 0.5) is 43.9 Å². The van der Waals surface area contributed by atoms with E-state index in [0.29, 0.717) is 0 Å². The van der Waals surface area contributed by atoms with Crippen molar-refractivity contribution in [2.45, 2.75) is 4.90 Å². The van der Waals surface area contributed by atoms with Gasteiger partial charge in [-0.05, 0) is 18.2 Å². The van der Waals surface area contributed by atoms with Gasteiger partial charge in [0.25, 0.3) is 10.0 Å². The van der Waals surface area contributed by atoms with Gasteiger partial charge in [-0.2, -0.15) is 9.78 Å². The molecule has 3 aromatic rings. The zero-order chi connectivity index (χ0) is 23.8. The van der Waals surface area contributed by atoms with Crippen molar-refractivity contribution in [1.29, 1.82) is 0 Å². The number of nitrogens with one attached hydrogen (secondary N) is 2. The Bertz CT molecular complexity index is 1300. The molecule has 9 nitrogen and oxygen atoms in total. The van der Waals surface area contributed by atoms with Gasteiger partial charge in [0, 0.05) is 6.07 Å². The van der Waals surface area contributed by atoms with Crippen LogP contribution in [-0.2, 0) is 10.0 Å². The summed E-state index contributed by atoms with van der Waals surface area (Å²) in [5, 5.41) is 6.00. The van der Waals surface area contributed by atoms with Crippen molar-refractivity contribution in [3.63, 3.8) is 0 Å². The Morgan fingerprint density at radius 2 is 1.62 bits per heavy atom. The summed E-state index contributed by atoms with van der Waals surface area (Å²) in [5.41, 5.74) is 5.03. The van der Waals surface area contributed by atoms with E-state index in [-0.39, 0.29) is 17.3 Å². The topological polar surface area (TPSA) is 128 Å². The van der Waals surface area contributed by atoms with E-state index in [1.807, 2.05) is 0 Å². The summed E-state index contributed by atoms with van der Waals surface area (Å²) < 4.78 is 100. The maximum Gasteiger partial charge on any atom is 0.348 e. The number of carbonyl (C=O) groups excluding carboxylic acids is 1. The summed E-state index contributed by atoms with van der Waals surface area (Å²) in [6.07, 6.45) is 1.24. The molecule has 0 spiro atoms. The Morgan fingerprint density at radius 1 is 1.03 bits per heavy atom. The van der Waals surface area contributed by atoms with Crippen molar-refractivity contribution in [2.24, 2.45) is 0 Å². The van der Waals surface area contributed by atoms with Crippen LogP contribution in [0.5, 0.6) is 5.75 Å². The lowest BCUT2D eigenvalue weighted by Crippen LogP contribution is -2.23. The van der Waals surface area contributed by atoms with Crippen LogP contribution < -0.4 is 20.5 Å². The number of nitrogens with two attached hydrogens (primary N) is 1. The van der Waals surface area contributed by atoms with E-state index in [2.05, 4.69) is 10.4 Å². The molecule has 1 heterocycles. The van der Waals surface area contributed by atoms with E-state index >= 15 is 0 Å². The highest BCUT2D eigenvalue weighted by atomic mass is 32.2. The van der Waals surface area contributed by atoms with Crippen LogP contribution >= 0.6 is 0 Å². The molecular formula is C17H12F5N5O4S. The Morgan fingerprint density at radius 3 is 2.16 bits per heavy atom. The lowest BCUT2D eigenvalue weighted by Gasteiger charge is -2.14. The Labute approximate surface area is 176 Å². The molecule has 2 aromatic carbocycles. The first kappa shape index (κ1) is 22.8. The molecule has 15 heteroatoms. The van der Waals surface area contributed by atoms with Crippen molar-refractivity contribution in [2.75, 3.05) is 22.9 Å². The number of halogens is 5. The van der Waals surface area contributed by atoms with E-state index < -0.39 is 55.7 Å². The molecule has 0 atom stereocenters. The first-order valence-corrected chi connectivity index (χ1v) is 9.79. The van der Waals surface area contributed by atoms with Crippen molar-refractivity contribution in [3.05, 3.63) is 59.5 Å². The van der Waals surface area contributed by atoms with Gasteiger partial charge in [-0.25, -0.2) is 35.2 Å². The third kappa shape index (κ3) is 4.01. The summed E-state index contributed by atoms with van der Waals surface area (Å²) in [7, 11) is -4.06. The molecule has 3 rings (SSSR count). The number of hydrogen-bond acceptors (Lipinski definition) is 6. The largest absolute Gasteiger partial charge is 0.495 e. The van der Waals surface area contributed by atoms with Gasteiger partial charge in [-0.15, -0.1) is 0 Å². The Balaban J connectivity index is 1.99. The zero-order valence-electron chi connectivity index (χ0n) is 15.8. The molecule has 0 radical (unpaired) electrons. The number of nitrogen functional groups attached to an aromatic ring is 1. The number of anilines is 3. The smallest absolute Gasteiger partial charge is 0.348 e. The fraction of sp³-hybridized carbons (Fsp3) is 0.0588. The van der Waals surface area contributed by atoms with Crippen LogP contribution in [0.25, 0.3) is 0 Å². The van der Waals surface area contributed by atoms with Crippen molar-refractivity contribution in [3.8, 4) is 5.75 Å². The van der Waals surface area contributed by atoms with Gasteiger partial charge >= 0.3 is 6.03 Å². The monoisotopic (exact) mass is 477 g/mol. The number of methoxy groups -OCH3 is 1. The van der Waals surface area contributed by atoms with E-state index in [1.165, 1.54) is 25.4 Å². The zero-order valence-corrected chi connectivity index (χ0v) is 16.6. The summed E-state index contributed by atoms with van der Waals surface area (Å²) in [4.78, 5) is 10.2. The number of nitrogens with zero attached hydrogens (tertiary/aromatic N) is 2. The van der Waals surface area contributed by atoms with Crippen LogP contribution in [0.2, 0.25) is 0 Å². The van der Waals surface area contributed by atoms with Crippen LogP contribution in [0.15, 0.2) is 35.4 Å². The predicted molar refractivity (Wildman–Crippen MR) is 101 cm³/mol. The number of ether oxygens (including phenoxy) is 1. The fourth-order valence-corrected chi connectivity index (χ4v) is 3.74. The average molecular weight is 477 g/mol. The fourth-order valence-electron chi connectivity index (χ4n) is 2.55. The normalized spacial score (nSPS) is 11.3. The highest BCUT2D eigenvalue weighted by Crippen LogP contribution is 2.31. The molecule has 0 fully saturated rings. The number of amides is 1. The lowest BCUT2D eigenvalue weighted by atomic mass is 10.2. The number of hydrogen-bond donors (Lipinski definition) is 3. The van der Waals surface area contributed by atoms with Gasteiger partial charge < -0.3 is 15.8 Å². The minimum Gasteiger partial charge on any atom is -0.495 e. The first-order chi connectivity index (χ1) is 15.0. The molecule has 0 aliphatic rings. The molecule has 1 amide bonds. The molecule has 1 aromatic heterocycles. The standard InChI is InChI=1S/C17H12F5N5O4S/c1-31-9-3-2-7(6-8(9)25-17(28)27-10(23)4-5-24-27)26-32(29,30)16-14(21)12(19)11(18)13(20)15(16)22/h2-6,26H,23H2,1H3,(H,25,28). The molecule has 4 N–H and O–H groups in total. The van der Waals surface area contributed by atoms with Crippen LogP contribution in [0, 0.1) is 29.1 Å². The van der Waals surface area contributed by atoms with Crippen LogP contribution in [0.3, 0.4) is 0 Å². The number of sulfonamides is 1. The van der Waals surface area contributed by atoms with Gasteiger partial charge in [0.1, 0.15) is 11.6 Å². The molecule has 0 saturated carbocycles.